The van der Waals surface area contributed by atoms with E-state index in [1.165, 1.54) is 6.42 Å². The van der Waals surface area contributed by atoms with Gasteiger partial charge in [0.15, 0.2) is 0 Å². The smallest absolute Gasteiger partial charge is 0.119 e. The molecule has 1 aromatic carbocycles. The van der Waals surface area contributed by atoms with E-state index in [9.17, 15) is 5.11 Å². The van der Waals surface area contributed by atoms with Gasteiger partial charge in [-0.3, -0.25) is 0 Å². The summed E-state index contributed by atoms with van der Waals surface area (Å²) < 4.78 is 5.75. The van der Waals surface area contributed by atoms with E-state index in [2.05, 4.69) is 20.8 Å². The molecule has 0 radical (unpaired) electrons. The summed E-state index contributed by atoms with van der Waals surface area (Å²) in [6.07, 6.45) is 0.738. The Morgan fingerprint density at radius 1 is 1.18 bits per heavy atom. The Morgan fingerprint density at radius 2 is 1.88 bits per heavy atom. The van der Waals surface area contributed by atoms with Crippen molar-refractivity contribution in [2.45, 2.75) is 40.2 Å². The van der Waals surface area contributed by atoms with Crippen LogP contribution < -0.4 is 4.74 Å². The molecule has 0 bridgehead atoms. The number of rotatable bonds is 6. The van der Waals surface area contributed by atoms with Crippen LogP contribution in [0.4, 0.5) is 0 Å². The lowest BCUT2D eigenvalue weighted by atomic mass is 10.00. The molecule has 17 heavy (non-hydrogen) atoms. The maximum Gasteiger partial charge on any atom is 0.119 e. The normalized spacial score (nSPS) is 14.7. The lowest BCUT2D eigenvalue weighted by Gasteiger charge is -2.15. The van der Waals surface area contributed by atoms with Crippen LogP contribution in [0.15, 0.2) is 24.3 Å². The lowest BCUT2D eigenvalue weighted by molar-refractivity contribution is 0.197. The van der Waals surface area contributed by atoms with Gasteiger partial charge in [-0.05, 0) is 42.9 Å². The average Bonchev–Trinajstić information content (AvgIpc) is 2.26. The van der Waals surface area contributed by atoms with E-state index in [-0.39, 0.29) is 0 Å². The first-order valence-corrected chi connectivity index (χ1v) is 6.40. The van der Waals surface area contributed by atoms with E-state index >= 15 is 0 Å². The van der Waals surface area contributed by atoms with Crippen molar-refractivity contribution in [2.24, 2.45) is 11.8 Å². The molecule has 1 rings (SSSR count). The van der Waals surface area contributed by atoms with Crippen molar-refractivity contribution in [3.05, 3.63) is 29.8 Å². The quantitative estimate of drug-likeness (QED) is 0.814. The third kappa shape index (κ3) is 5.22. The second kappa shape index (κ2) is 6.65. The highest BCUT2D eigenvalue weighted by atomic mass is 16.5. The van der Waals surface area contributed by atoms with E-state index in [0.717, 1.165) is 17.9 Å². The standard InChI is InChI=1S/C15H24O2/c1-11(2)8-12(3)10-17-15-7-5-6-14(9-15)13(4)16/h5-7,9,11-13,16H,8,10H2,1-4H3/t12?,13-/m0/s1. The summed E-state index contributed by atoms with van der Waals surface area (Å²) in [4.78, 5) is 0. The van der Waals surface area contributed by atoms with E-state index < -0.39 is 6.10 Å². The minimum Gasteiger partial charge on any atom is -0.493 e. The zero-order valence-electron chi connectivity index (χ0n) is 11.3. The fourth-order valence-electron chi connectivity index (χ4n) is 1.98. The Hall–Kier alpha value is -1.02. The van der Waals surface area contributed by atoms with Crippen LogP contribution in [-0.4, -0.2) is 11.7 Å². The van der Waals surface area contributed by atoms with Crippen LogP contribution in [0.1, 0.15) is 45.8 Å². The first-order chi connectivity index (χ1) is 7.99. The largest absolute Gasteiger partial charge is 0.493 e. The van der Waals surface area contributed by atoms with Gasteiger partial charge in [0.25, 0.3) is 0 Å². The van der Waals surface area contributed by atoms with Crippen LogP contribution in [0.3, 0.4) is 0 Å². The summed E-state index contributed by atoms with van der Waals surface area (Å²) in [5, 5.41) is 9.49. The monoisotopic (exact) mass is 236 g/mol. The molecular formula is C15H24O2. The topological polar surface area (TPSA) is 29.5 Å². The van der Waals surface area contributed by atoms with Crippen LogP contribution in [0.25, 0.3) is 0 Å². The highest BCUT2D eigenvalue weighted by molar-refractivity contribution is 5.29. The molecule has 1 aromatic rings. The number of hydrogen-bond acceptors (Lipinski definition) is 2. The fourth-order valence-corrected chi connectivity index (χ4v) is 1.98. The molecule has 0 heterocycles. The Bertz CT molecular complexity index is 331. The van der Waals surface area contributed by atoms with Gasteiger partial charge >= 0.3 is 0 Å². The molecule has 0 amide bonds. The van der Waals surface area contributed by atoms with E-state index in [0.29, 0.717) is 11.8 Å². The molecule has 1 unspecified atom stereocenters. The van der Waals surface area contributed by atoms with Crippen LogP contribution in [0.5, 0.6) is 5.75 Å². The zero-order chi connectivity index (χ0) is 12.8. The van der Waals surface area contributed by atoms with Gasteiger partial charge in [-0.2, -0.15) is 0 Å². The van der Waals surface area contributed by atoms with Crippen molar-refractivity contribution in [1.82, 2.24) is 0 Å². The summed E-state index contributed by atoms with van der Waals surface area (Å²) in [5.74, 6) is 2.11. The molecule has 0 saturated heterocycles. The summed E-state index contributed by atoms with van der Waals surface area (Å²) in [5.41, 5.74) is 0.902. The molecular weight excluding hydrogens is 212 g/mol. The molecule has 0 aliphatic heterocycles. The van der Waals surface area contributed by atoms with Crippen molar-refractivity contribution in [1.29, 1.82) is 0 Å². The van der Waals surface area contributed by atoms with Crippen LogP contribution >= 0.6 is 0 Å². The van der Waals surface area contributed by atoms with E-state index in [1.54, 1.807) is 6.92 Å². The number of benzene rings is 1. The maximum atomic E-state index is 9.49. The van der Waals surface area contributed by atoms with Gasteiger partial charge < -0.3 is 9.84 Å². The molecule has 0 spiro atoms. The van der Waals surface area contributed by atoms with Gasteiger partial charge in [-0.25, -0.2) is 0 Å². The Kier molecular flexibility index (Phi) is 5.49. The molecule has 1 N–H and O–H groups in total. The fraction of sp³-hybridized carbons (Fsp3) is 0.600. The number of aliphatic hydroxyl groups is 1. The molecule has 2 heteroatoms. The Morgan fingerprint density at radius 3 is 2.47 bits per heavy atom. The number of hydrogen-bond donors (Lipinski definition) is 1. The summed E-state index contributed by atoms with van der Waals surface area (Å²) in [6.45, 7) is 9.16. The number of ether oxygens (including phenoxy) is 1. The van der Waals surface area contributed by atoms with Gasteiger partial charge in [0, 0.05) is 0 Å². The highest BCUT2D eigenvalue weighted by Gasteiger charge is 2.07. The summed E-state index contributed by atoms with van der Waals surface area (Å²) in [7, 11) is 0. The van der Waals surface area contributed by atoms with Crippen LogP contribution in [-0.2, 0) is 0 Å². The van der Waals surface area contributed by atoms with Crippen molar-refractivity contribution < 1.29 is 9.84 Å². The molecule has 2 atom stereocenters. The van der Waals surface area contributed by atoms with Gasteiger partial charge in [-0.15, -0.1) is 0 Å². The summed E-state index contributed by atoms with van der Waals surface area (Å²) in [6, 6.07) is 7.68. The Balaban J connectivity index is 2.49. The minimum absolute atomic E-state index is 0.438. The third-order valence-corrected chi connectivity index (χ3v) is 2.75. The Labute approximate surface area is 105 Å². The minimum atomic E-state index is -0.438. The second-order valence-electron chi connectivity index (χ2n) is 5.29. The van der Waals surface area contributed by atoms with E-state index in [4.69, 9.17) is 4.74 Å². The lowest BCUT2D eigenvalue weighted by Crippen LogP contribution is -2.11. The maximum absolute atomic E-state index is 9.49. The zero-order valence-corrected chi connectivity index (χ0v) is 11.3. The van der Waals surface area contributed by atoms with Crippen molar-refractivity contribution in [2.75, 3.05) is 6.61 Å². The van der Waals surface area contributed by atoms with Gasteiger partial charge in [0.05, 0.1) is 12.7 Å². The highest BCUT2D eigenvalue weighted by Crippen LogP contribution is 2.20. The van der Waals surface area contributed by atoms with Gasteiger partial charge in [0.1, 0.15) is 5.75 Å². The molecule has 0 saturated carbocycles. The van der Waals surface area contributed by atoms with Crippen molar-refractivity contribution in [3.63, 3.8) is 0 Å². The molecule has 2 nitrogen and oxygen atoms in total. The average molecular weight is 236 g/mol. The number of aliphatic hydroxyl groups excluding tert-OH is 1. The predicted molar refractivity (Wildman–Crippen MR) is 71.2 cm³/mol. The van der Waals surface area contributed by atoms with Crippen molar-refractivity contribution >= 4 is 0 Å². The second-order valence-corrected chi connectivity index (χ2v) is 5.29. The molecule has 0 aromatic heterocycles. The summed E-state index contributed by atoms with van der Waals surface area (Å²) >= 11 is 0. The SMILES string of the molecule is CC(C)CC(C)COc1cccc([C@H](C)O)c1. The first kappa shape index (κ1) is 14.0. The molecule has 0 aliphatic rings. The molecule has 0 fully saturated rings. The van der Waals surface area contributed by atoms with Crippen LogP contribution in [0, 0.1) is 11.8 Å². The van der Waals surface area contributed by atoms with Crippen LogP contribution in [0.2, 0.25) is 0 Å². The first-order valence-electron chi connectivity index (χ1n) is 6.40. The van der Waals surface area contributed by atoms with Gasteiger partial charge in [0.2, 0.25) is 0 Å². The molecule has 0 aliphatic carbocycles. The molecule has 96 valence electrons. The van der Waals surface area contributed by atoms with E-state index in [1.807, 2.05) is 24.3 Å². The predicted octanol–water partition coefficient (Wildman–Crippen LogP) is 3.80. The van der Waals surface area contributed by atoms with Crippen molar-refractivity contribution in [3.8, 4) is 5.75 Å². The third-order valence-electron chi connectivity index (χ3n) is 2.75. The van der Waals surface area contributed by atoms with Gasteiger partial charge in [-0.1, -0.05) is 32.9 Å².